The van der Waals surface area contributed by atoms with Crippen LogP contribution in [0, 0.1) is 6.92 Å². The lowest BCUT2D eigenvalue weighted by Gasteiger charge is -2.09. The summed E-state index contributed by atoms with van der Waals surface area (Å²) >= 11 is 2.68. The van der Waals surface area contributed by atoms with E-state index in [0.717, 1.165) is 5.69 Å². The predicted molar refractivity (Wildman–Crippen MR) is 125 cm³/mol. The van der Waals surface area contributed by atoms with Crippen LogP contribution in [0.3, 0.4) is 0 Å². The van der Waals surface area contributed by atoms with Crippen molar-refractivity contribution in [3.8, 4) is 5.75 Å². The Morgan fingerprint density at radius 1 is 1.28 bits per heavy atom. The van der Waals surface area contributed by atoms with Crippen LogP contribution in [0.1, 0.15) is 21.9 Å². The van der Waals surface area contributed by atoms with Gasteiger partial charge in [-0.05, 0) is 31.2 Å². The Balaban J connectivity index is 1.53. The number of carbonyl (C=O) groups is 2. The number of nitrogens with zero attached hydrogens (tertiary/aromatic N) is 4. The summed E-state index contributed by atoms with van der Waals surface area (Å²) in [7, 11) is 1.58. The predicted octanol–water partition coefficient (Wildman–Crippen LogP) is 2.94. The van der Waals surface area contributed by atoms with Crippen molar-refractivity contribution in [2.45, 2.75) is 25.0 Å². The maximum Gasteiger partial charge on any atom is 0.251 e. The molecule has 0 aliphatic heterocycles. The molecule has 2 aromatic heterocycles. The second-order valence-corrected chi connectivity index (χ2v) is 8.46. The molecule has 32 heavy (non-hydrogen) atoms. The summed E-state index contributed by atoms with van der Waals surface area (Å²) in [5.41, 5.74) is 1.42. The van der Waals surface area contributed by atoms with Gasteiger partial charge >= 0.3 is 0 Å². The monoisotopic (exact) mass is 472 g/mol. The number of anilines is 1. The topological polar surface area (TPSA) is 111 Å². The van der Waals surface area contributed by atoms with Gasteiger partial charge in [0, 0.05) is 30.5 Å². The van der Waals surface area contributed by atoms with Gasteiger partial charge in [0.1, 0.15) is 11.6 Å². The maximum absolute atomic E-state index is 12.3. The van der Waals surface area contributed by atoms with E-state index in [1.54, 1.807) is 37.5 Å². The quantitative estimate of drug-likeness (QED) is 0.326. The number of rotatable bonds is 11. The van der Waals surface area contributed by atoms with Crippen molar-refractivity contribution in [3.05, 3.63) is 59.4 Å². The van der Waals surface area contributed by atoms with Crippen molar-refractivity contribution in [1.82, 2.24) is 25.1 Å². The van der Waals surface area contributed by atoms with E-state index in [1.165, 1.54) is 23.1 Å². The number of benzene rings is 1. The fourth-order valence-corrected chi connectivity index (χ4v) is 4.22. The van der Waals surface area contributed by atoms with Gasteiger partial charge in [-0.15, -0.1) is 28.1 Å². The summed E-state index contributed by atoms with van der Waals surface area (Å²) in [6, 6.07) is 6.90. The minimum atomic E-state index is -0.175. The molecule has 0 spiro atoms. The van der Waals surface area contributed by atoms with E-state index in [1.807, 2.05) is 16.9 Å². The molecule has 0 aliphatic carbocycles. The van der Waals surface area contributed by atoms with E-state index in [2.05, 4.69) is 32.4 Å². The van der Waals surface area contributed by atoms with Crippen LogP contribution in [-0.4, -0.2) is 51.0 Å². The van der Waals surface area contributed by atoms with Gasteiger partial charge in [-0.25, -0.2) is 4.98 Å². The molecule has 0 radical (unpaired) electrons. The van der Waals surface area contributed by atoms with Crippen LogP contribution in [-0.2, 0) is 17.8 Å². The highest BCUT2D eigenvalue weighted by atomic mass is 32.2. The second kappa shape index (κ2) is 11.4. The lowest BCUT2D eigenvalue weighted by Crippen LogP contribution is -2.26. The number of amides is 2. The molecule has 2 N–H and O–H groups in total. The molecule has 0 saturated carbocycles. The highest BCUT2D eigenvalue weighted by molar-refractivity contribution is 7.99. The Morgan fingerprint density at radius 2 is 2.06 bits per heavy atom. The lowest BCUT2D eigenvalue weighted by molar-refractivity contribution is -0.113. The zero-order chi connectivity index (χ0) is 22.9. The number of thiazole rings is 1. The second-order valence-electron chi connectivity index (χ2n) is 6.66. The fraction of sp³-hybridized carbons (Fsp3) is 0.286. The van der Waals surface area contributed by atoms with Crippen LogP contribution >= 0.6 is 23.1 Å². The Bertz CT molecular complexity index is 1080. The van der Waals surface area contributed by atoms with Gasteiger partial charge in [0.2, 0.25) is 5.91 Å². The van der Waals surface area contributed by atoms with Gasteiger partial charge in [-0.2, -0.15) is 0 Å². The first-order valence-electron chi connectivity index (χ1n) is 9.80. The number of carbonyl (C=O) groups excluding carboxylic acids is 2. The molecule has 9 nitrogen and oxygen atoms in total. The van der Waals surface area contributed by atoms with Crippen LogP contribution in [0.15, 0.2) is 47.5 Å². The molecule has 168 valence electrons. The first kappa shape index (κ1) is 23.5. The standard InChI is InChI=1S/C21H24N6O3S2/c1-4-11-27-17(9-10-22-19(29)15-5-7-16(30-3)8-6-15)25-26-21(27)32-13-18(28)24-20-23-14(2)12-31-20/h4-8,12H,1,9-11,13H2,2-3H3,(H,22,29)(H,23,24,28). The number of aryl methyl sites for hydroxylation is 1. The zero-order valence-electron chi connectivity index (χ0n) is 17.8. The zero-order valence-corrected chi connectivity index (χ0v) is 19.5. The highest BCUT2D eigenvalue weighted by Gasteiger charge is 2.15. The fourth-order valence-electron chi connectivity index (χ4n) is 2.75. The largest absolute Gasteiger partial charge is 0.497 e. The Labute approximate surface area is 194 Å². The maximum atomic E-state index is 12.3. The number of thioether (sulfide) groups is 1. The van der Waals surface area contributed by atoms with E-state index in [9.17, 15) is 9.59 Å². The Hall–Kier alpha value is -3.18. The number of allylic oxidation sites excluding steroid dienone is 1. The van der Waals surface area contributed by atoms with E-state index < -0.39 is 0 Å². The van der Waals surface area contributed by atoms with E-state index in [0.29, 0.717) is 46.9 Å². The SMILES string of the molecule is C=CCn1c(CCNC(=O)c2ccc(OC)cc2)nnc1SCC(=O)Nc1nc(C)cs1. The first-order chi connectivity index (χ1) is 15.5. The van der Waals surface area contributed by atoms with Gasteiger partial charge in [0.25, 0.3) is 5.91 Å². The van der Waals surface area contributed by atoms with Gasteiger partial charge in [-0.1, -0.05) is 17.8 Å². The van der Waals surface area contributed by atoms with Gasteiger partial charge < -0.3 is 19.9 Å². The van der Waals surface area contributed by atoms with E-state index >= 15 is 0 Å². The van der Waals surface area contributed by atoms with Crippen molar-refractivity contribution in [1.29, 1.82) is 0 Å². The summed E-state index contributed by atoms with van der Waals surface area (Å²) in [6.45, 7) is 6.56. The van der Waals surface area contributed by atoms with Crippen molar-refractivity contribution in [3.63, 3.8) is 0 Å². The normalized spacial score (nSPS) is 10.6. The molecular formula is C21H24N6O3S2. The van der Waals surface area contributed by atoms with Crippen molar-refractivity contribution < 1.29 is 14.3 Å². The minimum Gasteiger partial charge on any atom is -0.497 e. The van der Waals surface area contributed by atoms with Crippen LogP contribution in [0.2, 0.25) is 0 Å². The molecule has 0 saturated heterocycles. The molecule has 11 heteroatoms. The molecule has 0 aliphatic rings. The molecule has 1 aromatic carbocycles. The molecule has 0 atom stereocenters. The summed E-state index contributed by atoms with van der Waals surface area (Å²) in [6.07, 6.45) is 2.24. The van der Waals surface area contributed by atoms with Gasteiger partial charge in [-0.3, -0.25) is 9.59 Å². The van der Waals surface area contributed by atoms with Crippen LogP contribution < -0.4 is 15.4 Å². The average molecular weight is 473 g/mol. The van der Waals surface area contributed by atoms with E-state index in [-0.39, 0.29) is 17.6 Å². The summed E-state index contributed by atoms with van der Waals surface area (Å²) in [4.78, 5) is 28.7. The molecule has 2 heterocycles. The number of ether oxygens (including phenoxy) is 1. The minimum absolute atomic E-state index is 0.161. The summed E-state index contributed by atoms with van der Waals surface area (Å²) < 4.78 is 6.99. The molecule has 0 bridgehead atoms. The summed E-state index contributed by atoms with van der Waals surface area (Å²) in [5, 5.41) is 17.2. The van der Waals surface area contributed by atoms with E-state index in [4.69, 9.17) is 4.74 Å². The van der Waals surface area contributed by atoms with Crippen LogP contribution in [0.4, 0.5) is 5.13 Å². The number of methoxy groups -OCH3 is 1. The molecule has 0 fully saturated rings. The highest BCUT2D eigenvalue weighted by Crippen LogP contribution is 2.19. The smallest absolute Gasteiger partial charge is 0.251 e. The molecule has 0 unspecified atom stereocenters. The van der Waals surface area contributed by atoms with Crippen molar-refractivity contribution in [2.24, 2.45) is 0 Å². The third kappa shape index (κ3) is 6.41. The molecule has 3 rings (SSSR count). The number of nitrogens with one attached hydrogen (secondary N) is 2. The molecular weight excluding hydrogens is 448 g/mol. The average Bonchev–Trinajstić information content (AvgIpc) is 3.38. The third-order valence-corrected chi connectivity index (χ3v) is 6.13. The molecule has 2 amide bonds. The van der Waals surface area contributed by atoms with Gasteiger partial charge in [0.05, 0.1) is 18.6 Å². The Morgan fingerprint density at radius 3 is 2.72 bits per heavy atom. The third-order valence-electron chi connectivity index (χ3n) is 4.29. The summed E-state index contributed by atoms with van der Waals surface area (Å²) in [5.74, 6) is 1.25. The number of aromatic nitrogens is 4. The van der Waals surface area contributed by atoms with Crippen LogP contribution in [0.5, 0.6) is 5.75 Å². The number of hydrogen-bond donors (Lipinski definition) is 2. The van der Waals surface area contributed by atoms with Gasteiger partial charge in [0.15, 0.2) is 10.3 Å². The van der Waals surface area contributed by atoms with Crippen molar-refractivity contribution >= 4 is 40.0 Å². The van der Waals surface area contributed by atoms with Crippen molar-refractivity contribution in [2.75, 3.05) is 24.7 Å². The van der Waals surface area contributed by atoms with Crippen LogP contribution in [0.25, 0.3) is 0 Å². The first-order valence-corrected chi connectivity index (χ1v) is 11.7. The lowest BCUT2D eigenvalue weighted by atomic mass is 10.2. The Kier molecular flexibility index (Phi) is 8.40. The number of hydrogen-bond acceptors (Lipinski definition) is 8. The molecule has 3 aromatic rings.